The van der Waals surface area contributed by atoms with Crippen LogP contribution in [-0.4, -0.2) is 35.8 Å². The second-order valence-corrected chi connectivity index (χ2v) is 5.39. The van der Waals surface area contributed by atoms with Crippen molar-refractivity contribution in [2.45, 2.75) is 38.7 Å². The van der Waals surface area contributed by atoms with Crippen molar-refractivity contribution in [1.29, 1.82) is 0 Å². The maximum absolute atomic E-state index is 11.5. The van der Waals surface area contributed by atoms with Crippen LogP contribution in [0.5, 0.6) is 5.75 Å². The smallest absolute Gasteiger partial charge is 0.311 e. The van der Waals surface area contributed by atoms with Gasteiger partial charge in [-0.3, -0.25) is 14.9 Å². The molecule has 0 aliphatic rings. The lowest BCUT2D eigenvalue weighted by atomic mass is 9.78. The molecule has 7 nitrogen and oxygen atoms in total. The lowest BCUT2D eigenvalue weighted by Crippen LogP contribution is -2.35. The molecule has 1 aromatic rings. The van der Waals surface area contributed by atoms with Crippen molar-refractivity contribution >= 4 is 11.7 Å². The summed E-state index contributed by atoms with van der Waals surface area (Å²) in [6, 6.07) is 4.47. The first-order valence-corrected chi connectivity index (χ1v) is 6.90. The first-order chi connectivity index (χ1) is 10.2. The SMILES string of the molecule is CCOC(=O)CC(O)C(C)(C)c1ccc(OC)c([N+](=O)[O-])c1. The van der Waals surface area contributed by atoms with Gasteiger partial charge in [0.05, 0.1) is 31.2 Å². The van der Waals surface area contributed by atoms with Gasteiger partial charge in [-0.1, -0.05) is 19.9 Å². The molecule has 0 radical (unpaired) electrons. The van der Waals surface area contributed by atoms with Crippen LogP contribution in [0.25, 0.3) is 0 Å². The van der Waals surface area contributed by atoms with Gasteiger partial charge < -0.3 is 14.6 Å². The summed E-state index contributed by atoms with van der Waals surface area (Å²) >= 11 is 0. The molecule has 122 valence electrons. The zero-order valence-electron chi connectivity index (χ0n) is 13.2. The standard InChI is InChI=1S/C15H21NO6/c1-5-22-14(18)9-13(17)15(2,3)10-6-7-12(21-4)11(8-10)16(19)20/h6-8,13,17H,5,9H2,1-4H3. The molecule has 0 amide bonds. The number of aliphatic hydroxyl groups excluding tert-OH is 1. The highest BCUT2D eigenvalue weighted by Gasteiger charge is 2.33. The number of aliphatic hydroxyl groups is 1. The molecule has 1 N–H and O–H groups in total. The van der Waals surface area contributed by atoms with E-state index in [1.807, 2.05) is 0 Å². The highest BCUT2D eigenvalue weighted by atomic mass is 16.6. The minimum Gasteiger partial charge on any atom is -0.490 e. The molecule has 0 aliphatic carbocycles. The van der Waals surface area contributed by atoms with Gasteiger partial charge in [-0.15, -0.1) is 0 Å². The number of esters is 1. The Morgan fingerprint density at radius 2 is 2.09 bits per heavy atom. The predicted octanol–water partition coefficient (Wildman–Crippen LogP) is 2.20. The van der Waals surface area contributed by atoms with Gasteiger partial charge in [-0.2, -0.15) is 0 Å². The van der Waals surface area contributed by atoms with Crippen LogP contribution in [0.4, 0.5) is 5.69 Å². The van der Waals surface area contributed by atoms with Crippen LogP contribution >= 0.6 is 0 Å². The number of carbonyl (C=O) groups excluding carboxylic acids is 1. The summed E-state index contributed by atoms with van der Waals surface area (Å²) in [7, 11) is 1.35. The third-order valence-electron chi connectivity index (χ3n) is 3.62. The van der Waals surface area contributed by atoms with E-state index in [-0.39, 0.29) is 24.5 Å². The number of methoxy groups -OCH3 is 1. The number of carbonyl (C=O) groups is 1. The zero-order valence-corrected chi connectivity index (χ0v) is 13.2. The number of benzene rings is 1. The maximum Gasteiger partial charge on any atom is 0.311 e. The number of hydrogen-bond acceptors (Lipinski definition) is 6. The minimum absolute atomic E-state index is 0.143. The van der Waals surface area contributed by atoms with Crippen molar-refractivity contribution in [2.24, 2.45) is 0 Å². The average molecular weight is 311 g/mol. The fourth-order valence-corrected chi connectivity index (χ4v) is 2.06. The van der Waals surface area contributed by atoms with Gasteiger partial charge >= 0.3 is 11.7 Å². The highest BCUT2D eigenvalue weighted by Crippen LogP contribution is 2.35. The van der Waals surface area contributed by atoms with Gasteiger partial charge in [0.1, 0.15) is 0 Å². The molecule has 1 rings (SSSR count). The topological polar surface area (TPSA) is 98.9 Å². The Kier molecular flexibility index (Phi) is 5.87. The molecular formula is C15H21NO6. The molecule has 22 heavy (non-hydrogen) atoms. The van der Waals surface area contributed by atoms with Crippen LogP contribution < -0.4 is 4.74 Å². The molecule has 1 aromatic carbocycles. The second-order valence-electron chi connectivity index (χ2n) is 5.39. The van der Waals surface area contributed by atoms with E-state index in [0.29, 0.717) is 5.56 Å². The maximum atomic E-state index is 11.5. The number of nitro groups is 1. The van der Waals surface area contributed by atoms with Crippen LogP contribution in [0.3, 0.4) is 0 Å². The van der Waals surface area contributed by atoms with E-state index in [0.717, 1.165) is 0 Å². The second kappa shape index (κ2) is 7.22. The van der Waals surface area contributed by atoms with E-state index in [9.17, 15) is 20.0 Å². The molecule has 0 fully saturated rings. The molecule has 0 saturated carbocycles. The van der Waals surface area contributed by atoms with E-state index in [1.165, 1.54) is 19.2 Å². The van der Waals surface area contributed by atoms with Gasteiger partial charge in [0.15, 0.2) is 5.75 Å². The van der Waals surface area contributed by atoms with Crippen molar-refractivity contribution in [3.63, 3.8) is 0 Å². The minimum atomic E-state index is -1.03. The summed E-state index contributed by atoms with van der Waals surface area (Å²) in [6.45, 7) is 5.34. The predicted molar refractivity (Wildman–Crippen MR) is 79.9 cm³/mol. The molecule has 0 bridgehead atoms. The Morgan fingerprint density at radius 3 is 2.59 bits per heavy atom. The molecule has 1 unspecified atom stereocenters. The normalized spacial score (nSPS) is 12.6. The van der Waals surface area contributed by atoms with Crippen LogP contribution in [0.2, 0.25) is 0 Å². The molecule has 0 saturated heterocycles. The van der Waals surface area contributed by atoms with Crippen molar-refractivity contribution in [2.75, 3.05) is 13.7 Å². The Balaban J connectivity index is 3.08. The van der Waals surface area contributed by atoms with Gasteiger partial charge in [0, 0.05) is 11.5 Å². The number of ether oxygens (including phenoxy) is 2. The van der Waals surface area contributed by atoms with Crippen molar-refractivity contribution in [1.82, 2.24) is 0 Å². The van der Waals surface area contributed by atoms with Crippen LogP contribution in [-0.2, 0) is 14.9 Å². The molecule has 1 atom stereocenters. The Hall–Kier alpha value is -2.15. The monoisotopic (exact) mass is 311 g/mol. The van der Waals surface area contributed by atoms with E-state index in [2.05, 4.69) is 0 Å². The number of hydrogen-bond donors (Lipinski definition) is 1. The molecule has 0 aliphatic heterocycles. The average Bonchev–Trinajstić information content (AvgIpc) is 2.46. The number of nitro benzene ring substituents is 1. The summed E-state index contributed by atoms with van der Waals surface area (Å²) in [5, 5.41) is 21.4. The first kappa shape index (κ1) is 17.9. The molecule has 0 spiro atoms. The van der Waals surface area contributed by atoms with Gasteiger partial charge in [-0.05, 0) is 18.6 Å². The summed E-state index contributed by atoms with van der Waals surface area (Å²) in [5.74, 6) is -0.365. The van der Waals surface area contributed by atoms with E-state index in [4.69, 9.17) is 9.47 Å². The fraction of sp³-hybridized carbons (Fsp3) is 0.533. The van der Waals surface area contributed by atoms with Crippen LogP contribution in [0.15, 0.2) is 18.2 Å². The highest BCUT2D eigenvalue weighted by molar-refractivity contribution is 5.70. The third-order valence-corrected chi connectivity index (χ3v) is 3.62. The van der Waals surface area contributed by atoms with E-state index >= 15 is 0 Å². The summed E-state index contributed by atoms with van der Waals surface area (Å²) in [4.78, 5) is 22.0. The summed E-state index contributed by atoms with van der Waals surface area (Å²) in [6.07, 6.45) is -1.21. The summed E-state index contributed by atoms with van der Waals surface area (Å²) in [5.41, 5.74) is -0.503. The van der Waals surface area contributed by atoms with Gasteiger partial charge in [0.25, 0.3) is 0 Å². The Morgan fingerprint density at radius 1 is 1.45 bits per heavy atom. The van der Waals surface area contributed by atoms with Crippen LogP contribution in [0.1, 0.15) is 32.8 Å². The first-order valence-electron chi connectivity index (χ1n) is 6.90. The molecule has 0 heterocycles. The van der Waals surface area contributed by atoms with Crippen molar-refractivity contribution in [3.05, 3.63) is 33.9 Å². The zero-order chi connectivity index (χ0) is 16.9. The van der Waals surface area contributed by atoms with E-state index < -0.39 is 22.4 Å². The lowest BCUT2D eigenvalue weighted by Gasteiger charge is -2.30. The molecule has 0 aromatic heterocycles. The summed E-state index contributed by atoms with van der Waals surface area (Å²) < 4.78 is 9.77. The largest absolute Gasteiger partial charge is 0.490 e. The third kappa shape index (κ3) is 3.94. The van der Waals surface area contributed by atoms with Crippen LogP contribution in [0, 0.1) is 10.1 Å². The fourth-order valence-electron chi connectivity index (χ4n) is 2.06. The Labute approximate surface area is 129 Å². The van der Waals surface area contributed by atoms with E-state index in [1.54, 1.807) is 26.8 Å². The van der Waals surface area contributed by atoms with Gasteiger partial charge in [0.2, 0.25) is 0 Å². The molecule has 7 heteroatoms. The van der Waals surface area contributed by atoms with Gasteiger partial charge in [-0.25, -0.2) is 0 Å². The Bertz CT molecular complexity index is 555. The quantitative estimate of drug-likeness (QED) is 0.471. The van der Waals surface area contributed by atoms with Crippen molar-refractivity contribution < 1.29 is 24.3 Å². The number of rotatable bonds is 7. The number of nitrogens with zero attached hydrogens (tertiary/aromatic N) is 1. The molecular weight excluding hydrogens is 290 g/mol. The lowest BCUT2D eigenvalue weighted by molar-refractivity contribution is -0.385. The van der Waals surface area contributed by atoms with Crippen molar-refractivity contribution in [3.8, 4) is 5.75 Å².